The molecule has 2 aromatic carbocycles. The minimum Gasteiger partial charge on any atom is -0.408 e. The van der Waals surface area contributed by atoms with E-state index in [9.17, 15) is 34.6 Å². The van der Waals surface area contributed by atoms with Crippen molar-refractivity contribution < 1.29 is 33.7 Å². The van der Waals surface area contributed by atoms with E-state index in [-0.39, 0.29) is 5.56 Å². The number of rotatable bonds is 7. The quantitative estimate of drug-likeness (QED) is 0.178. The molecule has 0 aliphatic heterocycles. The Morgan fingerprint density at radius 2 is 1.20 bits per heavy atom. The fourth-order valence-electron chi connectivity index (χ4n) is 2.25. The molecule has 30 heavy (non-hydrogen) atoms. The highest BCUT2D eigenvalue weighted by atomic mass is 16.6. The van der Waals surface area contributed by atoms with Gasteiger partial charge in [-0.25, -0.2) is 9.59 Å². The van der Waals surface area contributed by atoms with Gasteiger partial charge >= 0.3 is 17.9 Å². The predicted octanol–water partition coefficient (Wildman–Crippen LogP) is 2.80. The lowest BCUT2D eigenvalue weighted by atomic mass is 10.2. The third-order valence-electron chi connectivity index (χ3n) is 3.62. The highest BCUT2D eigenvalue weighted by Crippen LogP contribution is 2.20. The molecule has 0 heterocycles. The van der Waals surface area contributed by atoms with Crippen molar-refractivity contribution in [3.05, 3.63) is 79.9 Å². The van der Waals surface area contributed by atoms with Crippen molar-refractivity contribution in [3.8, 4) is 0 Å². The summed E-state index contributed by atoms with van der Waals surface area (Å²) < 4.78 is 9.18. The summed E-state index contributed by atoms with van der Waals surface area (Å²) in [6, 6.07) is 9.83. The molecule has 12 nitrogen and oxygen atoms in total. The van der Waals surface area contributed by atoms with Gasteiger partial charge in [0.2, 0.25) is 0 Å². The number of nitro benzene ring substituents is 2. The van der Waals surface area contributed by atoms with Crippen LogP contribution in [0.25, 0.3) is 0 Å². The normalized spacial score (nSPS) is 10.0. The number of hydrogen-bond donors (Lipinski definition) is 1. The van der Waals surface area contributed by atoms with Gasteiger partial charge in [-0.15, -0.1) is 0 Å². The summed E-state index contributed by atoms with van der Waals surface area (Å²) in [6.07, 6.45) is -0.995. The summed E-state index contributed by atoms with van der Waals surface area (Å²) in [4.78, 5) is 55.9. The average Bonchev–Trinajstić information content (AvgIpc) is 2.72. The molecule has 0 unspecified atom stereocenters. The second kappa shape index (κ2) is 9.64. The lowest BCUT2D eigenvalue weighted by molar-refractivity contribution is -0.385. The van der Waals surface area contributed by atoms with E-state index in [4.69, 9.17) is 5.41 Å². The Morgan fingerprint density at radius 3 is 1.67 bits per heavy atom. The van der Waals surface area contributed by atoms with Crippen LogP contribution in [0.15, 0.2) is 48.5 Å². The molecular formula is C18H13N3O9. The predicted molar refractivity (Wildman–Crippen MR) is 99.0 cm³/mol. The van der Waals surface area contributed by atoms with Crippen LogP contribution in [-0.2, 0) is 14.3 Å². The fraction of sp³-hybridized carbons (Fsp3) is 0.111. The maximum absolute atomic E-state index is 12.0. The van der Waals surface area contributed by atoms with Crippen molar-refractivity contribution >= 4 is 35.2 Å². The van der Waals surface area contributed by atoms with Gasteiger partial charge < -0.3 is 9.47 Å². The smallest absolute Gasteiger partial charge is 0.352 e. The molecule has 0 radical (unpaired) electrons. The van der Waals surface area contributed by atoms with Crippen LogP contribution in [0.5, 0.6) is 0 Å². The van der Waals surface area contributed by atoms with E-state index >= 15 is 0 Å². The van der Waals surface area contributed by atoms with Gasteiger partial charge in [-0.3, -0.25) is 30.4 Å². The van der Waals surface area contributed by atoms with Gasteiger partial charge in [0.1, 0.15) is 11.1 Å². The maximum atomic E-state index is 12.0. The first-order valence-corrected chi connectivity index (χ1v) is 8.22. The van der Waals surface area contributed by atoms with E-state index in [1.54, 1.807) is 0 Å². The lowest BCUT2D eigenvalue weighted by Crippen LogP contribution is -2.17. The number of hydrogen-bond acceptors (Lipinski definition) is 10. The first kappa shape index (κ1) is 21.8. The topological polar surface area (TPSA) is 180 Å². The molecule has 0 aliphatic rings. The van der Waals surface area contributed by atoms with E-state index in [1.165, 1.54) is 24.3 Å². The molecule has 2 aromatic rings. The van der Waals surface area contributed by atoms with Crippen molar-refractivity contribution in [2.24, 2.45) is 0 Å². The first-order chi connectivity index (χ1) is 14.2. The zero-order valence-corrected chi connectivity index (χ0v) is 15.1. The Labute approximate surface area is 167 Å². The Kier molecular flexibility index (Phi) is 7.01. The summed E-state index contributed by atoms with van der Waals surface area (Å²) >= 11 is 0. The Morgan fingerprint density at radius 1 is 0.767 bits per heavy atom. The van der Waals surface area contributed by atoms with Gasteiger partial charge in [0.25, 0.3) is 11.4 Å². The van der Waals surface area contributed by atoms with E-state index < -0.39 is 63.4 Å². The lowest BCUT2D eigenvalue weighted by Gasteiger charge is -2.06. The zero-order chi connectivity index (χ0) is 22.3. The first-order valence-electron chi connectivity index (χ1n) is 8.22. The third-order valence-corrected chi connectivity index (χ3v) is 3.62. The Balaban J connectivity index is 1.92. The minimum absolute atomic E-state index is 0.374. The van der Waals surface area contributed by atoms with Crippen LogP contribution in [0, 0.1) is 25.6 Å². The van der Waals surface area contributed by atoms with Gasteiger partial charge in [-0.1, -0.05) is 24.3 Å². The summed E-state index contributed by atoms with van der Waals surface area (Å²) in [5.74, 6) is -4.19. The van der Waals surface area contributed by atoms with Crippen LogP contribution in [0.4, 0.5) is 11.4 Å². The fourth-order valence-corrected chi connectivity index (χ4v) is 2.25. The number of nitro groups is 2. The summed E-state index contributed by atoms with van der Waals surface area (Å²) in [7, 11) is 0. The summed E-state index contributed by atoms with van der Waals surface area (Å²) in [5.41, 5.74) is -1.85. The van der Waals surface area contributed by atoms with Crippen LogP contribution in [-0.4, -0.2) is 33.7 Å². The zero-order valence-electron chi connectivity index (χ0n) is 15.1. The van der Waals surface area contributed by atoms with Crippen molar-refractivity contribution in [1.82, 2.24) is 0 Å². The second-order valence-electron chi connectivity index (χ2n) is 5.62. The van der Waals surface area contributed by atoms with Crippen LogP contribution in [0.3, 0.4) is 0 Å². The van der Waals surface area contributed by atoms with Crippen LogP contribution in [0.2, 0.25) is 0 Å². The molecule has 0 amide bonds. The van der Waals surface area contributed by atoms with E-state index in [0.717, 1.165) is 24.3 Å². The van der Waals surface area contributed by atoms with Crippen molar-refractivity contribution in [2.75, 3.05) is 0 Å². The molecule has 2 rings (SSSR count). The van der Waals surface area contributed by atoms with Gasteiger partial charge in [0.15, 0.2) is 5.90 Å². The minimum atomic E-state index is -1.24. The number of nitrogens with one attached hydrogen (secondary N) is 1. The largest absolute Gasteiger partial charge is 0.408 e. The molecule has 0 atom stereocenters. The second-order valence-corrected chi connectivity index (χ2v) is 5.62. The molecule has 0 bridgehead atoms. The highest BCUT2D eigenvalue weighted by Gasteiger charge is 2.24. The number of esters is 3. The number of carbonyl (C=O) groups excluding carboxylic acids is 3. The van der Waals surface area contributed by atoms with Crippen molar-refractivity contribution in [3.63, 3.8) is 0 Å². The molecule has 154 valence electrons. The summed E-state index contributed by atoms with van der Waals surface area (Å²) in [5, 5.41) is 29.4. The molecule has 12 heteroatoms. The van der Waals surface area contributed by atoms with Gasteiger partial charge in [-0.2, -0.15) is 0 Å². The highest BCUT2D eigenvalue weighted by molar-refractivity contribution is 6.02. The van der Waals surface area contributed by atoms with Gasteiger partial charge in [0, 0.05) is 18.6 Å². The van der Waals surface area contributed by atoms with E-state index in [0.29, 0.717) is 0 Å². The maximum Gasteiger partial charge on any atom is 0.352 e. The van der Waals surface area contributed by atoms with E-state index in [2.05, 4.69) is 9.47 Å². The van der Waals surface area contributed by atoms with Gasteiger partial charge in [-0.05, 0) is 12.1 Å². The molecule has 0 saturated carbocycles. The van der Waals surface area contributed by atoms with Crippen LogP contribution >= 0.6 is 0 Å². The molecule has 0 aromatic heterocycles. The summed E-state index contributed by atoms with van der Waals surface area (Å²) in [6.45, 7) is 0. The SMILES string of the molecule is N=C(CCC(=O)OC(=O)c1ccccc1[N+](=O)[O-])OC(=O)c1ccccc1[N+](=O)[O-]. The monoisotopic (exact) mass is 415 g/mol. The van der Waals surface area contributed by atoms with Crippen LogP contribution < -0.4 is 0 Å². The molecule has 0 spiro atoms. The molecule has 0 fully saturated rings. The Bertz CT molecular complexity index is 965. The molecule has 0 saturated heterocycles. The number of ether oxygens (including phenoxy) is 2. The molecule has 1 N–H and O–H groups in total. The van der Waals surface area contributed by atoms with Crippen LogP contribution in [0.1, 0.15) is 33.6 Å². The number of para-hydroxylation sites is 2. The molecular weight excluding hydrogens is 402 g/mol. The van der Waals surface area contributed by atoms with Crippen molar-refractivity contribution in [1.29, 1.82) is 5.41 Å². The van der Waals surface area contributed by atoms with Gasteiger partial charge in [0.05, 0.1) is 16.3 Å². The van der Waals surface area contributed by atoms with E-state index in [1.807, 2.05) is 0 Å². The van der Waals surface area contributed by atoms with Crippen molar-refractivity contribution in [2.45, 2.75) is 12.8 Å². The number of nitrogens with zero attached hydrogens (tertiary/aromatic N) is 2. The number of benzene rings is 2. The average molecular weight is 415 g/mol. The number of carbonyl (C=O) groups is 3. The Hall–Kier alpha value is -4.48. The standard InChI is InChI=1S/C18H13N3O9/c19-15(29-17(23)11-5-1-3-7-13(11)20(25)26)9-10-16(22)30-18(24)12-6-2-4-8-14(12)21(27)28/h1-8,19H,9-10H2. The molecule has 0 aliphatic carbocycles. The third kappa shape index (κ3) is 5.51.